The molecule has 0 spiro atoms. The molecule has 1 atom stereocenters. The Hall–Kier alpha value is -1.12. The number of alkyl halides is 1. The van der Waals surface area contributed by atoms with Crippen LogP contribution in [0.1, 0.15) is 12.5 Å². The fraction of sp³-hybridized carbons (Fsp3) is 0.333. The van der Waals surface area contributed by atoms with Crippen molar-refractivity contribution in [1.82, 2.24) is 0 Å². The molecular formula is C9H10F2O. The minimum atomic E-state index is -1.48. The van der Waals surface area contributed by atoms with E-state index in [4.69, 9.17) is 0 Å². The van der Waals surface area contributed by atoms with Crippen LogP contribution in [0.4, 0.5) is 8.78 Å². The van der Waals surface area contributed by atoms with Crippen LogP contribution in [0.3, 0.4) is 0 Å². The summed E-state index contributed by atoms with van der Waals surface area (Å²) >= 11 is 0. The van der Waals surface area contributed by atoms with E-state index in [0.717, 1.165) is 5.56 Å². The van der Waals surface area contributed by atoms with Crippen LogP contribution in [0, 0.1) is 12.7 Å². The number of hydrogen-bond donors (Lipinski definition) is 0. The molecule has 3 heteroatoms. The van der Waals surface area contributed by atoms with Gasteiger partial charge in [0, 0.05) is 6.92 Å². The van der Waals surface area contributed by atoms with Crippen molar-refractivity contribution in [3.05, 3.63) is 29.6 Å². The van der Waals surface area contributed by atoms with E-state index in [0.29, 0.717) is 0 Å². The molecule has 1 aromatic carbocycles. The summed E-state index contributed by atoms with van der Waals surface area (Å²) in [5.41, 5.74) is 0.784. The van der Waals surface area contributed by atoms with E-state index in [1.807, 2.05) is 0 Å². The first-order valence-corrected chi connectivity index (χ1v) is 3.66. The number of ether oxygens (including phenoxy) is 1. The summed E-state index contributed by atoms with van der Waals surface area (Å²) in [6.45, 7) is 2.96. The van der Waals surface area contributed by atoms with Gasteiger partial charge in [-0.2, -0.15) is 0 Å². The van der Waals surface area contributed by atoms with Crippen molar-refractivity contribution in [1.29, 1.82) is 0 Å². The van der Waals surface area contributed by atoms with Crippen LogP contribution in [0.15, 0.2) is 18.2 Å². The van der Waals surface area contributed by atoms with Crippen LogP contribution in [-0.2, 0) is 0 Å². The number of rotatable bonds is 2. The van der Waals surface area contributed by atoms with Crippen molar-refractivity contribution in [3.63, 3.8) is 0 Å². The minimum Gasteiger partial charge on any atom is -0.458 e. The normalized spacial score (nSPS) is 12.7. The zero-order valence-corrected chi connectivity index (χ0v) is 6.97. The van der Waals surface area contributed by atoms with Gasteiger partial charge in [-0.25, -0.2) is 8.78 Å². The number of benzene rings is 1. The predicted molar refractivity (Wildman–Crippen MR) is 42.3 cm³/mol. The highest BCUT2D eigenvalue weighted by Crippen LogP contribution is 2.19. The molecule has 0 aliphatic rings. The smallest absolute Gasteiger partial charge is 0.235 e. The average molecular weight is 172 g/mol. The summed E-state index contributed by atoms with van der Waals surface area (Å²) in [6.07, 6.45) is -1.48. The third kappa shape index (κ3) is 2.19. The lowest BCUT2D eigenvalue weighted by molar-refractivity contribution is 0.0814. The van der Waals surface area contributed by atoms with Crippen LogP contribution in [-0.4, -0.2) is 6.36 Å². The number of hydrogen-bond acceptors (Lipinski definition) is 1. The van der Waals surface area contributed by atoms with Gasteiger partial charge in [-0.15, -0.1) is 0 Å². The second-order valence-corrected chi connectivity index (χ2v) is 2.59. The third-order valence-corrected chi connectivity index (χ3v) is 1.38. The fourth-order valence-corrected chi connectivity index (χ4v) is 0.876. The van der Waals surface area contributed by atoms with Gasteiger partial charge >= 0.3 is 0 Å². The fourth-order valence-electron chi connectivity index (χ4n) is 0.876. The molecule has 0 amide bonds. The Morgan fingerprint density at radius 2 is 2.08 bits per heavy atom. The van der Waals surface area contributed by atoms with E-state index >= 15 is 0 Å². The molecule has 0 aliphatic carbocycles. The highest BCUT2D eigenvalue weighted by Gasteiger charge is 2.05. The summed E-state index contributed by atoms with van der Waals surface area (Å²) in [5.74, 6) is -0.574. The van der Waals surface area contributed by atoms with Gasteiger partial charge in [0.1, 0.15) is 0 Å². The van der Waals surface area contributed by atoms with E-state index in [-0.39, 0.29) is 5.75 Å². The van der Waals surface area contributed by atoms with Crippen molar-refractivity contribution in [2.75, 3.05) is 0 Å². The lowest BCUT2D eigenvalue weighted by Gasteiger charge is -2.07. The molecule has 0 N–H and O–H groups in total. The molecule has 1 aromatic rings. The molecule has 66 valence electrons. The molecule has 0 radical (unpaired) electrons. The Labute approximate surface area is 70.0 Å². The number of halogens is 2. The van der Waals surface area contributed by atoms with Crippen molar-refractivity contribution in [3.8, 4) is 5.75 Å². The summed E-state index contributed by atoms with van der Waals surface area (Å²) in [6, 6.07) is 4.39. The molecule has 12 heavy (non-hydrogen) atoms. The molecule has 1 unspecified atom stereocenters. The van der Waals surface area contributed by atoms with Gasteiger partial charge in [-0.1, -0.05) is 6.07 Å². The topological polar surface area (TPSA) is 9.23 Å². The first-order valence-electron chi connectivity index (χ1n) is 3.66. The lowest BCUT2D eigenvalue weighted by atomic mass is 10.2. The SMILES string of the molecule is Cc1ccc(OC(C)F)c(F)c1. The molecular weight excluding hydrogens is 162 g/mol. The van der Waals surface area contributed by atoms with Crippen LogP contribution >= 0.6 is 0 Å². The van der Waals surface area contributed by atoms with Gasteiger partial charge in [0.25, 0.3) is 0 Å². The van der Waals surface area contributed by atoms with Crippen molar-refractivity contribution in [2.45, 2.75) is 20.2 Å². The maximum atomic E-state index is 12.9. The van der Waals surface area contributed by atoms with E-state index in [1.54, 1.807) is 13.0 Å². The zero-order valence-electron chi connectivity index (χ0n) is 6.97. The Morgan fingerprint density at radius 3 is 2.58 bits per heavy atom. The minimum absolute atomic E-state index is 0.0457. The third-order valence-electron chi connectivity index (χ3n) is 1.38. The molecule has 0 aromatic heterocycles. The monoisotopic (exact) mass is 172 g/mol. The summed E-state index contributed by atoms with van der Waals surface area (Å²) in [4.78, 5) is 0. The summed E-state index contributed by atoms with van der Waals surface area (Å²) < 4.78 is 29.8. The van der Waals surface area contributed by atoms with Gasteiger partial charge in [0.05, 0.1) is 0 Å². The Kier molecular flexibility index (Phi) is 2.63. The van der Waals surface area contributed by atoms with Gasteiger partial charge in [0.2, 0.25) is 6.36 Å². The average Bonchev–Trinajstić information content (AvgIpc) is 1.94. The summed E-state index contributed by atoms with van der Waals surface area (Å²) in [7, 11) is 0. The molecule has 0 heterocycles. The second kappa shape index (κ2) is 3.52. The van der Waals surface area contributed by atoms with Gasteiger partial charge in [-0.3, -0.25) is 0 Å². The van der Waals surface area contributed by atoms with Crippen LogP contribution < -0.4 is 4.74 Å². The molecule has 0 saturated carbocycles. The Morgan fingerprint density at radius 1 is 1.42 bits per heavy atom. The maximum Gasteiger partial charge on any atom is 0.235 e. The highest BCUT2D eigenvalue weighted by molar-refractivity contribution is 5.28. The van der Waals surface area contributed by atoms with E-state index in [2.05, 4.69) is 4.74 Å². The molecule has 0 aliphatic heterocycles. The first-order chi connectivity index (χ1) is 5.59. The predicted octanol–water partition coefficient (Wildman–Crippen LogP) is 2.83. The standard InChI is InChI=1S/C9H10F2O/c1-6-3-4-9(8(11)5-6)12-7(2)10/h3-5,7H,1-2H3. The lowest BCUT2D eigenvalue weighted by Crippen LogP contribution is -2.05. The molecule has 1 rings (SSSR count). The Bertz CT molecular complexity index is 271. The molecule has 0 bridgehead atoms. The van der Waals surface area contributed by atoms with E-state index < -0.39 is 12.2 Å². The van der Waals surface area contributed by atoms with Crippen molar-refractivity contribution < 1.29 is 13.5 Å². The van der Waals surface area contributed by atoms with Gasteiger partial charge in [-0.05, 0) is 24.6 Å². The van der Waals surface area contributed by atoms with Crippen LogP contribution in [0.2, 0.25) is 0 Å². The zero-order chi connectivity index (χ0) is 9.14. The second-order valence-electron chi connectivity index (χ2n) is 2.59. The maximum absolute atomic E-state index is 12.9. The van der Waals surface area contributed by atoms with E-state index in [1.165, 1.54) is 19.1 Å². The Balaban J connectivity index is 2.86. The van der Waals surface area contributed by atoms with Crippen LogP contribution in [0.25, 0.3) is 0 Å². The quantitative estimate of drug-likeness (QED) is 0.666. The van der Waals surface area contributed by atoms with Crippen molar-refractivity contribution in [2.24, 2.45) is 0 Å². The highest BCUT2D eigenvalue weighted by atomic mass is 19.1. The van der Waals surface area contributed by atoms with Gasteiger partial charge < -0.3 is 4.74 Å². The molecule has 0 saturated heterocycles. The molecule has 0 fully saturated rings. The van der Waals surface area contributed by atoms with Crippen molar-refractivity contribution >= 4 is 0 Å². The first kappa shape index (κ1) is 8.97. The molecule has 1 nitrogen and oxygen atoms in total. The van der Waals surface area contributed by atoms with Gasteiger partial charge in [0.15, 0.2) is 11.6 Å². The number of aryl methyl sites for hydroxylation is 1. The van der Waals surface area contributed by atoms with Crippen LogP contribution in [0.5, 0.6) is 5.75 Å². The van der Waals surface area contributed by atoms with E-state index in [9.17, 15) is 8.78 Å². The largest absolute Gasteiger partial charge is 0.458 e. The summed E-state index contributed by atoms with van der Waals surface area (Å²) in [5, 5.41) is 0.